The van der Waals surface area contributed by atoms with Gasteiger partial charge in [0.15, 0.2) is 11.6 Å². The van der Waals surface area contributed by atoms with Gasteiger partial charge >= 0.3 is 0 Å². The van der Waals surface area contributed by atoms with E-state index in [0.29, 0.717) is 11.5 Å². The highest BCUT2D eigenvalue weighted by Crippen LogP contribution is 2.09. The largest absolute Gasteiger partial charge is 0.388 e. The Kier molecular flexibility index (Phi) is 3.66. The summed E-state index contributed by atoms with van der Waals surface area (Å²) in [6, 6.07) is 5.52. The fraction of sp³-hybridized carbons (Fsp3) is 0.333. The summed E-state index contributed by atoms with van der Waals surface area (Å²) in [6.45, 7) is 4.06. The van der Waals surface area contributed by atoms with E-state index in [1.807, 2.05) is 26.0 Å². The first-order chi connectivity index (χ1) is 8.65. The Bertz CT molecular complexity index is 576. The number of hydrogen-bond acceptors (Lipinski definition) is 4. The molecule has 18 heavy (non-hydrogen) atoms. The van der Waals surface area contributed by atoms with Gasteiger partial charge in [0.1, 0.15) is 10.8 Å². The van der Waals surface area contributed by atoms with Crippen molar-refractivity contribution in [3.63, 3.8) is 0 Å². The highest BCUT2D eigenvalue weighted by atomic mass is 32.1. The maximum Gasteiger partial charge on any atom is 0.156 e. The minimum absolute atomic E-state index is 0.283. The molecule has 6 heteroatoms. The molecule has 0 amide bonds. The fourth-order valence-corrected chi connectivity index (χ4v) is 1.75. The third-order valence-corrected chi connectivity index (χ3v) is 2.76. The van der Waals surface area contributed by atoms with Crippen LogP contribution in [0.5, 0.6) is 0 Å². The Balaban J connectivity index is 2.50. The molecule has 0 aromatic carbocycles. The Morgan fingerprint density at radius 3 is 2.67 bits per heavy atom. The molecule has 2 heterocycles. The lowest BCUT2D eigenvalue weighted by atomic mass is 10.3. The Morgan fingerprint density at radius 2 is 2.06 bits per heavy atom. The van der Waals surface area contributed by atoms with Crippen molar-refractivity contribution in [2.45, 2.75) is 26.7 Å². The lowest BCUT2D eigenvalue weighted by Crippen LogP contribution is -2.14. The average molecular weight is 261 g/mol. The molecule has 0 unspecified atom stereocenters. The van der Waals surface area contributed by atoms with Crippen molar-refractivity contribution >= 4 is 17.2 Å². The summed E-state index contributed by atoms with van der Waals surface area (Å²) in [4.78, 5) is 9.12. The molecule has 5 nitrogen and oxygen atoms in total. The summed E-state index contributed by atoms with van der Waals surface area (Å²) in [7, 11) is 0. The molecule has 0 bridgehead atoms. The molecule has 2 N–H and O–H groups in total. The van der Waals surface area contributed by atoms with Crippen LogP contribution in [0.2, 0.25) is 0 Å². The van der Waals surface area contributed by atoms with E-state index in [2.05, 4.69) is 15.1 Å². The van der Waals surface area contributed by atoms with Crippen molar-refractivity contribution < 1.29 is 0 Å². The van der Waals surface area contributed by atoms with Crippen LogP contribution in [-0.2, 0) is 12.8 Å². The summed E-state index contributed by atoms with van der Waals surface area (Å²) >= 11 is 4.93. The SMILES string of the molecule is CCc1nc(CC)n(-c2cccc(C(N)=S)n2)n1. The Labute approximate surface area is 111 Å². The highest BCUT2D eigenvalue weighted by Gasteiger charge is 2.10. The maximum absolute atomic E-state index is 5.59. The van der Waals surface area contributed by atoms with Crippen molar-refractivity contribution in [2.75, 3.05) is 0 Å². The molecule has 0 atom stereocenters. The van der Waals surface area contributed by atoms with Crippen LogP contribution in [0, 0.1) is 0 Å². The maximum atomic E-state index is 5.59. The van der Waals surface area contributed by atoms with E-state index in [0.717, 1.165) is 24.5 Å². The number of hydrogen-bond donors (Lipinski definition) is 1. The van der Waals surface area contributed by atoms with Gasteiger partial charge in [0.05, 0.1) is 5.69 Å². The van der Waals surface area contributed by atoms with Gasteiger partial charge in [-0.3, -0.25) is 0 Å². The summed E-state index contributed by atoms with van der Waals surface area (Å²) in [6.07, 6.45) is 1.60. The normalized spacial score (nSPS) is 10.6. The molecule has 0 radical (unpaired) electrons. The number of thiocarbonyl (C=S) groups is 1. The average Bonchev–Trinajstić information content (AvgIpc) is 2.82. The second kappa shape index (κ2) is 5.22. The predicted octanol–water partition coefficient (Wildman–Crippen LogP) is 1.42. The summed E-state index contributed by atoms with van der Waals surface area (Å²) in [5.74, 6) is 2.40. The monoisotopic (exact) mass is 261 g/mol. The molecule has 0 saturated carbocycles. The number of rotatable bonds is 4. The molecule has 2 rings (SSSR count). The van der Waals surface area contributed by atoms with E-state index in [9.17, 15) is 0 Å². The molecule has 2 aromatic rings. The fourth-order valence-electron chi connectivity index (χ4n) is 1.63. The summed E-state index contributed by atoms with van der Waals surface area (Å²) in [5, 5.41) is 4.43. The number of nitrogens with zero attached hydrogens (tertiary/aromatic N) is 4. The van der Waals surface area contributed by atoms with Crippen LogP contribution < -0.4 is 5.73 Å². The second-order valence-corrected chi connectivity index (χ2v) is 4.25. The van der Waals surface area contributed by atoms with Crippen LogP contribution in [0.3, 0.4) is 0 Å². The molecule has 0 aliphatic rings. The lowest BCUT2D eigenvalue weighted by Gasteiger charge is -2.05. The van der Waals surface area contributed by atoms with Gasteiger partial charge < -0.3 is 5.73 Å². The van der Waals surface area contributed by atoms with Crippen molar-refractivity contribution in [1.29, 1.82) is 0 Å². The molecule has 0 fully saturated rings. The van der Waals surface area contributed by atoms with Gasteiger partial charge in [0, 0.05) is 12.8 Å². The zero-order valence-corrected chi connectivity index (χ0v) is 11.2. The minimum atomic E-state index is 0.283. The lowest BCUT2D eigenvalue weighted by molar-refractivity contribution is 0.768. The van der Waals surface area contributed by atoms with Crippen molar-refractivity contribution in [1.82, 2.24) is 19.7 Å². The van der Waals surface area contributed by atoms with Crippen LogP contribution >= 0.6 is 12.2 Å². The quantitative estimate of drug-likeness (QED) is 0.843. The van der Waals surface area contributed by atoms with E-state index in [1.54, 1.807) is 10.7 Å². The predicted molar refractivity (Wildman–Crippen MR) is 73.8 cm³/mol. The highest BCUT2D eigenvalue weighted by molar-refractivity contribution is 7.80. The molecular weight excluding hydrogens is 246 g/mol. The second-order valence-electron chi connectivity index (χ2n) is 3.81. The summed E-state index contributed by atoms with van der Waals surface area (Å²) < 4.78 is 1.75. The first-order valence-corrected chi connectivity index (χ1v) is 6.28. The first kappa shape index (κ1) is 12.6. The van der Waals surface area contributed by atoms with Crippen LogP contribution in [0.1, 0.15) is 31.2 Å². The minimum Gasteiger partial charge on any atom is -0.388 e. The van der Waals surface area contributed by atoms with E-state index < -0.39 is 0 Å². The van der Waals surface area contributed by atoms with E-state index in [1.165, 1.54) is 0 Å². The van der Waals surface area contributed by atoms with Gasteiger partial charge in [-0.15, -0.1) is 5.10 Å². The molecule has 0 aliphatic heterocycles. The zero-order valence-electron chi connectivity index (χ0n) is 10.4. The number of aryl methyl sites for hydroxylation is 2. The summed E-state index contributed by atoms with van der Waals surface area (Å²) in [5.41, 5.74) is 6.18. The molecule has 0 saturated heterocycles. The molecule has 0 spiro atoms. The third-order valence-electron chi connectivity index (χ3n) is 2.55. The molecule has 0 aliphatic carbocycles. The van der Waals surface area contributed by atoms with Gasteiger partial charge in [-0.05, 0) is 12.1 Å². The van der Waals surface area contributed by atoms with Crippen molar-refractivity contribution in [3.8, 4) is 5.82 Å². The van der Waals surface area contributed by atoms with Gasteiger partial charge in [0.25, 0.3) is 0 Å². The molecular formula is C12H15N5S. The van der Waals surface area contributed by atoms with E-state index >= 15 is 0 Å². The topological polar surface area (TPSA) is 69.6 Å². The number of aromatic nitrogens is 4. The smallest absolute Gasteiger partial charge is 0.156 e. The van der Waals surface area contributed by atoms with E-state index in [4.69, 9.17) is 18.0 Å². The van der Waals surface area contributed by atoms with Crippen LogP contribution in [-0.4, -0.2) is 24.7 Å². The first-order valence-electron chi connectivity index (χ1n) is 5.87. The molecule has 2 aromatic heterocycles. The standard InChI is InChI=1S/C12H15N5S/c1-3-9-15-10(4-2)17(16-9)11-7-5-6-8(14-11)12(13)18/h5-7H,3-4H2,1-2H3,(H2,13,18). The van der Waals surface area contributed by atoms with Crippen molar-refractivity contribution in [3.05, 3.63) is 35.5 Å². The van der Waals surface area contributed by atoms with Crippen molar-refractivity contribution in [2.24, 2.45) is 5.73 Å². The molecule has 94 valence electrons. The van der Waals surface area contributed by atoms with Crippen LogP contribution in [0.4, 0.5) is 0 Å². The van der Waals surface area contributed by atoms with Gasteiger partial charge in [0.2, 0.25) is 0 Å². The Hall–Kier alpha value is -1.82. The van der Waals surface area contributed by atoms with Gasteiger partial charge in [-0.25, -0.2) is 9.97 Å². The number of pyridine rings is 1. The number of nitrogens with two attached hydrogens (primary N) is 1. The van der Waals surface area contributed by atoms with Gasteiger partial charge in [-0.1, -0.05) is 32.1 Å². The van der Waals surface area contributed by atoms with Gasteiger partial charge in [-0.2, -0.15) is 4.68 Å². The zero-order chi connectivity index (χ0) is 13.1. The third kappa shape index (κ3) is 2.38. The Morgan fingerprint density at radius 1 is 1.28 bits per heavy atom. The van der Waals surface area contributed by atoms with E-state index in [-0.39, 0.29) is 4.99 Å². The van der Waals surface area contributed by atoms with Crippen LogP contribution in [0.15, 0.2) is 18.2 Å². The van der Waals surface area contributed by atoms with Crippen LogP contribution in [0.25, 0.3) is 5.82 Å².